The van der Waals surface area contributed by atoms with E-state index in [0.717, 1.165) is 11.3 Å². The Hall–Kier alpha value is -1.55. The zero-order valence-electron chi connectivity index (χ0n) is 12.2. The van der Waals surface area contributed by atoms with Crippen LogP contribution in [0.15, 0.2) is 18.2 Å². The number of rotatable bonds is 6. The van der Waals surface area contributed by atoms with Crippen LogP contribution in [0.25, 0.3) is 0 Å². The Labute approximate surface area is 115 Å². The maximum absolute atomic E-state index is 11.6. The highest BCUT2D eigenvalue weighted by molar-refractivity contribution is 5.76. The number of aryl methyl sites for hydroxylation is 2. The van der Waals surface area contributed by atoms with E-state index in [2.05, 4.69) is 11.4 Å². The minimum atomic E-state index is -0.385. The Morgan fingerprint density at radius 1 is 1.37 bits per heavy atom. The molecule has 0 aliphatic rings. The Bertz CT molecular complexity index is 436. The first-order valence-corrected chi connectivity index (χ1v) is 6.53. The summed E-state index contributed by atoms with van der Waals surface area (Å²) in [6.07, 6.45) is 0.337. The van der Waals surface area contributed by atoms with E-state index >= 15 is 0 Å². The molecule has 0 heterocycles. The minimum absolute atomic E-state index is 0.0386. The zero-order chi connectivity index (χ0) is 14.5. The van der Waals surface area contributed by atoms with Gasteiger partial charge in [0.2, 0.25) is 5.91 Å². The molecule has 1 aromatic rings. The van der Waals surface area contributed by atoms with Gasteiger partial charge in [-0.15, -0.1) is 0 Å². The van der Waals surface area contributed by atoms with Gasteiger partial charge in [0.1, 0.15) is 5.75 Å². The molecule has 4 heteroatoms. The molecule has 0 atom stereocenters. The van der Waals surface area contributed by atoms with E-state index in [1.807, 2.05) is 39.8 Å². The molecule has 0 aliphatic heterocycles. The Kier molecular flexibility index (Phi) is 5.36. The van der Waals surface area contributed by atoms with E-state index in [4.69, 9.17) is 10.5 Å². The van der Waals surface area contributed by atoms with Crippen molar-refractivity contribution in [1.82, 2.24) is 5.32 Å². The molecule has 106 valence electrons. The van der Waals surface area contributed by atoms with Crippen LogP contribution >= 0.6 is 0 Å². The molecule has 1 amide bonds. The van der Waals surface area contributed by atoms with Crippen molar-refractivity contribution in [2.24, 2.45) is 5.73 Å². The predicted molar refractivity (Wildman–Crippen MR) is 77.3 cm³/mol. The third kappa shape index (κ3) is 6.25. The third-order valence-corrected chi connectivity index (χ3v) is 2.66. The number of nitrogens with two attached hydrogens (primary N) is 1. The van der Waals surface area contributed by atoms with Crippen LogP contribution in [0.2, 0.25) is 0 Å². The summed E-state index contributed by atoms with van der Waals surface area (Å²) >= 11 is 0. The van der Waals surface area contributed by atoms with Gasteiger partial charge in [-0.3, -0.25) is 4.79 Å². The molecule has 3 N–H and O–H groups in total. The van der Waals surface area contributed by atoms with Crippen molar-refractivity contribution in [2.75, 3.05) is 13.2 Å². The van der Waals surface area contributed by atoms with Crippen LogP contribution in [-0.2, 0) is 4.79 Å². The van der Waals surface area contributed by atoms with E-state index in [-0.39, 0.29) is 11.4 Å². The van der Waals surface area contributed by atoms with E-state index in [0.29, 0.717) is 19.6 Å². The molecule has 0 fully saturated rings. The fraction of sp³-hybridized carbons (Fsp3) is 0.533. The van der Waals surface area contributed by atoms with Gasteiger partial charge in [0.05, 0.1) is 13.0 Å². The molecule has 0 aliphatic carbocycles. The smallest absolute Gasteiger partial charge is 0.223 e. The standard InChI is InChI=1S/C15H24N2O2/c1-11-5-6-13(12(2)9-11)19-8-7-14(18)17-10-15(3,4)16/h5-6,9H,7-8,10,16H2,1-4H3,(H,17,18). The monoisotopic (exact) mass is 264 g/mol. The van der Waals surface area contributed by atoms with Gasteiger partial charge in [-0.05, 0) is 39.3 Å². The molecule has 0 bridgehead atoms. The van der Waals surface area contributed by atoms with E-state index in [1.54, 1.807) is 0 Å². The topological polar surface area (TPSA) is 64.3 Å². The molecule has 1 rings (SSSR count). The first-order valence-electron chi connectivity index (χ1n) is 6.53. The molecule has 0 aromatic heterocycles. The number of hydrogen-bond donors (Lipinski definition) is 2. The van der Waals surface area contributed by atoms with E-state index in [9.17, 15) is 4.79 Å². The normalized spacial score (nSPS) is 11.2. The fourth-order valence-electron chi connectivity index (χ4n) is 1.63. The quantitative estimate of drug-likeness (QED) is 0.825. The van der Waals surface area contributed by atoms with Gasteiger partial charge in [-0.1, -0.05) is 17.7 Å². The highest BCUT2D eigenvalue weighted by Gasteiger charge is 2.12. The molecular formula is C15H24N2O2. The fourth-order valence-corrected chi connectivity index (χ4v) is 1.63. The van der Waals surface area contributed by atoms with Crippen molar-refractivity contribution in [3.63, 3.8) is 0 Å². The number of nitrogens with one attached hydrogen (secondary N) is 1. The van der Waals surface area contributed by atoms with Crippen molar-refractivity contribution < 1.29 is 9.53 Å². The van der Waals surface area contributed by atoms with Gasteiger partial charge in [-0.25, -0.2) is 0 Å². The molecule has 0 saturated heterocycles. The van der Waals surface area contributed by atoms with Gasteiger partial charge in [-0.2, -0.15) is 0 Å². The molecule has 1 aromatic carbocycles. The maximum atomic E-state index is 11.6. The largest absolute Gasteiger partial charge is 0.493 e. The number of carbonyl (C=O) groups is 1. The second kappa shape index (κ2) is 6.57. The highest BCUT2D eigenvalue weighted by atomic mass is 16.5. The summed E-state index contributed by atoms with van der Waals surface area (Å²) in [5, 5.41) is 2.79. The van der Waals surface area contributed by atoms with Crippen molar-refractivity contribution >= 4 is 5.91 Å². The lowest BCUT2D eigenvalue weighted by Gasteiger charge is -2.19. The predicted octanol–water partition coefficient (Wildman–Crippen LogP) is 1.93. The lowest BCUT2D eigenvalue weighted by Crippen LogP contribution is -2.45. The first kappa shape index (κ1) is 15.5. The van der Waals surface area contributed by atoms with Gasteiger partial charge < -0.3 is 15.8 Å². The van der Waals surface area contributed by atoms with Gasteiger partial charge >= 0.3 is 0 Å². The molecule has 0 unspecified atom stereocenters. The number of amides is 1. The molecule has 0 radical (unpaired) electrons. The second-order valence-electron chi connectivity index (χ2n) is 5.63. The molecule has 19 heavy (non-hydrogen) atoms. The summed E-state index contributed by atoms with van der Waals surface area (Å²) in [4.78, 5) is 11.6. The third-order valence-electron chi connectivity index (χ3n) is 2.66. The number of ether oxygens (including phenoxy) is 1. The van der Waals surface area contributed by atoms with Crippen molar-refractivity contribution in [1.29, 1.82) is 0 Å². The van der Waals surface area contributed by atoms with Crippen molar-refractivity contribution in [3.8, 4) is 5.75 Å². The molecule has 4 nitrogen and oxygen atoms in total. The average Bonchev–Trinajstić information content (AvgIpc) is 2.28. The minimum Gasteiger partial charge on any atom is -0.493 e. The summed E-state index contributed by atoms with van der Waals surface area (Å²) in [7, 11) is 0. The van der Waals surface area contributed by atoms with E-state index < -0.39 is 0 Å². The van der Waals surface area contributed by atoms with Crippen LogP contribution in [0.1, 0.15) is 31.4 Å². The Morgan fingerprint density at radius 2 is 2.05 bits per heavy atom. The summed E-state index contributed by atoms with van der Waals surface area (Å²) in [6.45, 7) is 8.63. The number of hydrogen-bond acceptors (Lipinski definition) is 3. The number of benzene rings is 1. The number of carbonyl (C=O) groups excluding carboxylic acids is 1. The second-order valence-corrected chi connectivity index (χ2v) is 5.63. The van der Waals surface area contributed by atoms with Gasteiger partial charge in [0.25, 0.3) is 0 Å². The summed E-state index contributed by atoms with van der Waals surface area (Å²) in [5.74, 6) is 0.792. The summed E-state index contributed by atoms with van der Waals surface area (Å²) in [5.41, 5.74) is 7.69. The highest BCUT2D eigenvalue weighted by Crippen LogP contribution is 2.18. The van der Waals surface area contributed by atoms with Crippen LogP contribution < -0.4 is 15.8 Å². The van der Waals surface area contributed by atoms with Crippen LogP contribution in [0.4, 0.5) is 0 Å². The summed E-state index contributed by atoms with van der Waals surface area (Å²) < 4.78 is 5.60. The molecule has 0 spiro atoms. The zero-order valence-corrected chi connectivity index (χ0v) is 12.2. The first-order chi connectivity index (χ1) is 8.78. The van der Waals surface area contributed by atoms with Crippen LogP contribution in [0, 0.1) is 13.8 Å². The molecular weight excluding hydrogens is 240 g/mol. The summed E-state index contributed by atoms with van der Waals surface area (Å²) in [6, 6.07) is 6.00. The Morgan fingerprint density at radius 3 is 2.63 bits per heavy atom. The maximum Gasteiger partial charge on any atom is 0.223 e. The van der Waals surface area contributed by atoms with Crippen LogP contribution in [0.3, 0.4) is 0 Å². The van der Waals surface area contributed by atoms with Crippen LogP contribution in [-0.4, -0.2) is 24.6 Å². The van der Waals surface area contributed by atoms with Crippen LogP contribution in [0.5, 0.6) is 5.75 Å². The Balaban J connectivity index is 2.32. The van der Waals surface area contributed by atoms with Crippen molar-refractivity contribution in [2.45, 2.75) is 39.7 Å². The van der Waals surface area contributed by atoms with E-state index in [1.165, 1.54) is 5.56 Å². The lowest BCUT2D eigenvalue weighted by molar-refractivity contribution is -0.121. The lowest BCUT2D eigenvalue weighted by atomic mass is 10.1. The van der Waals surface area contributed by atoms with Gasteiger partial charge in [0, 0.05) is 12.1 Å². The SMILES string of the molecule is Cc1ccc(OCCC(=O)NCC(C)(C)N)c(C)c1. The average molecular weight is 264 g/mol. The van der Waals surface area contributed by atoms with Crippen molar-refractivity contribution in [3.05, 3.63) is 29.3 Å². The van der Waals surface area contributed by atoms with Gasteiger partial charge in [0.15, 0.2) is 0 Å². The molecule has 0 saturated carbocycles.